The van der Waals surface area contributed by atoms with Crippen molar-refractivity contribution in [2.24, 2.45) is 5.92 Å². The monoisotopic (exact) mass is 167 g/mol. The van der Waals surface area contributed by atoms with Crippen LogP contribution in [-0.2, 0) is 0 Å². The first kappa shape index (κ1) is 11.4. The van der Waals surface area contributed by atoms with E-state index >= 15 is 0 Å². The number of hydrogen-bond acceptors (Lipinski definition) is 1. The first-order valence-corrected chi connectivity index (χ1v) is 4.56. The van der Waals surface area contributed by atoms with Gasteiger partial charge in [-0.1, -0.05) is 30.7 Å². The van der Waals surface area contributed by atoms with Crippen molar-refractivity contribution in [3.05, 3.63) is 23.8 Å². The molecule has 0 amide bonds. The van der Waals surface area contributed by atoms with Crippen LogP contribution >= 0.6 is 0 Å². The fourth-order valence-corrected chi connectivity index (χ4v) is 1.06. The molecule has 12 heavy (non-hydrogen) atoms. The van der Waals surface area contributed by atoms with Crippen molar-refractivity contribution in [2.45, 2.75) is 27.2 Å². The van der Waals surface area contributed by atoms with Crippen LogP contribution in [0.25, 0.3) is 0 Å². The summed E-state index contributed by atoms with van der Waals surface area (Å²) in [6.45, 7) is 11.5. The molecule has 0 aliphatic rings. The Kier molecular flexibility index (Phi) is 5.73. The molecule has 0 aromatic heterocycles. The van der Waals surface area contributed by atoms with Crippen molar-refractivity contribution in [3.63, 3.8) is 0 Å². The highest BCUT2D eigenvalue weighted by atomic mass is 14.8. The average Bonchev–Trinajstić information content (AvgIpc) is 1.98. The number of hydrogen-bond donors (Lipinski definition) is 1. The summed E-state index contributed by atoms with van der Waals surface area (Å²) >= 11 is 0. The SMILES string of the molecule is C=C(C=C(C)C)C(C)CCNC. The molecule has 0 spiro atoms. The van der Waals surface area contributed by atoms with E-state index in [0.29, 0.717) is 5.92 Å². The van der Waals surface area contributed by atoms with Gasteiger partial charge in [-0.2, -0.15) is 0 Å². The highest BCUT2D eigenvalue weighted by molar-refractivity contribution is 5.20. The molecule has 1 unspecified atom stereocenters. The third-order valence-electron chi connectivity index (χ3n) is 1.93. The zero-order valence-electron chi connectivity index (χ0n) is 8.78. The molecular weight excluding hydrogens is 146 g/mol. The van der Waals surface area contributed by atoms with Gasteiger partial charge < -0.3 is 5.32 Å². The number of allylic oxidation sites excluding steroid dienone is 3. The highest BCUT2D eigenvalue weighted by Crippen LogP contribution is 2.14. The highest BCUT2D eigenvalue weighted by Gasteiger charge is 2.02. The van der Waals surface area contributed by atoms with Gasteiger partial charge in [-0.15, -0.1) is 0 Å². The lowest BCUT2D eigenvalue weighted by atomic mass is 9.97. The summed E-state index contributed by atoms with van der Waals surface area (Å²) in [6, 6.07) is 0. The summed E-state index contributed by atoms with van der Waals surface area (Å²) in [7, 11) is 1.98. The minimum Gasteiger partial charge on any atom is -0.320 e. The molecule has 0 aliphatic carbocycles. The summed E-state index contributed by atoms with van der Waals surface area (Å²) in [6.07, 6.45) is 3.33. The summed E-state index contributed by atoms with van der Waals surface area (Å²) in [5, 5.41) is 3.14. The van der Waals surface area contributed by atoms with Gasteiger partial charge in [-0.25, -0.2) is 0 Å². The minimum atomic E-state index is 0.590. The Labute approximate surface area is 76.6 Å². The summed E-state index contributed by atoms with van der Waals surface area (Å²) in [4.78, 5) is 0. The molecule has 0 aromatic rings. The van der Waals surface area contributed by atoms with Gasteiger partial charge in [0.25, 0.3) is 0 Å². The van der Waals surface area contributed by atoms with Gasteiger partial charge >= 0.3 is 0 Å². The van der Waals surface area contributed by atoms with Crippen molar-refractivity contribution < 1.29 is 0 Å². The summed E-state index contributed by atoms with van der Waals surface area (Å²) < 4.78 is 0. The summed E-state index contributed by atoms with van der Waals surface area (Å²) in [5.41, 5.74) is 2.57. The summed E-state index contributed by atoms with van der Waals surface area (Å²) in [5.74, 6) is 0.590. The first-order valence-electron chi connectivity index (χ1n) is 4.56. The van der Waals surface area contributed by atoms with E-state index in [2.05, 4.69) is 38.7 Å². The van der Waals surface area contributed by atoms with Crippen molar-refractivity contribution in [3.8, 4) is 0 Å². The zero-order chi connectivity index (χ0) is 9.56. The molecule has 0 saturated carbocycles. The van der Waals surface area contributed by atoms with Crippen LogP contribution < -0.4 is 5.32 Å². The molecule has 0 bridgehead atoms. The lowest BCUT2D eigenvalue weighted by Crippen LogP contribution is -2.12. The fourth-order valence-electron chi connectivity index (χ4n) is 1.06. The van der Waals surface area contributed by atoms with E-state index in [4.69, 9.17) is 0 Å². The smallest absolute Gasteiger partial charge is 0.00462 e. The molecule has 1 N–H and O–H groups in total. The quantitative estimate of drug-likeness (QED) is 0.621. The van der Waals surface area contributed by atoms with E-state index in [1.165, 1.54) is 17.6 Å². The van der Waals surface area contributed by atoms with E-state index < -0.39 is 0 Å². The Morgan fingerprint density at radius 1 is 1.50 bits per heavy atom. The largest absolute Gasteiger partial charge is 0.320 e. The van der Waals surface area contributed by atoms with E-state index in [-0.39, 0.29) is 0 Å². The van der Waals surface area contributed by atoms with Crippen molar-refractivity contribution in [1.29, 1.82) is 0 Å². The molecule has 0 saturated heterocycles. The van der Waals surface area contributed by atoms with E-state index in [0.717, 1.165) is 6.54 Å². The van der Waals surface area contributed by atoms with Gasteiger partial charge in [0.1, 0.15) is 0 Å². The first-order chi connectivity index (χ1) is 5.57. The van der Waals surface area contributed by atoms with Crippen LogP contribution in [0.3, 0.4) is 0 Å². The Hall–Kier alpha value is -0.560. The van der Waals surface area contributed by atoms with E-state index in [1.807, 2.05) is 7.05 Å². The molecule has 1 heteroatoms. The topological polar surface area (TPSA) is 12.0 Å². The minimum absolute atomic E-state index is 0.590. The molecular formula is C11H21N. The molecule has 70 valence electrons. The molecule has 0 aromatic carbocycles. The third-order valence-corrected chi connectivity index (χ3v) is 1.93. The lowest BCUT2D eigenvalue weighted by Gasteiger charge is -2.11. The second-order valence-corrected chi connectivity index (χ2v) is 3.59. The molecule has 1 atom stereocenters. The predicted molar refractivity (Wildman–Crippen MR) is 56.3 cm³/mol. The van der Waals surface area contributed by atoms with Crippen LogP contribution in [0.5, 0.6) is 0 Å². The molecule has 0 fully saturated rings. The normalized spacial score (nSPS) is 12.3. The molecule has 0 radical (unpaired) electrons. The maximum Gasteiger partial charge on any atom is -0.00462 e. The van der Waals surface area contributed by atoms with Gasteiger partial charge in [0, 0.05) is 0 Å². The number of rotatable bonds is 5. The van der Waals surface area contributed by atoms with Crippen LogP contribution in [0, 0.1) is 5.92 Å². The van der Waals surface area contributed by atoms with Crippen LogP contribution in [-0.4, -0.2) is 13.6 Å². The Morgan fingerprint density at radius 3 is 2.50 bits per heavy atom. The maximum atomic E-state index is 4.04. The Balaban J connectivity index is 3.85. The van der Waals surface area contributed by atoms with E-state index in [1.54, 1.807) is 0 Å². The van der Waals surface area contributed by atoms with Crippen LogP contribution in [0.15, 0.2) is 23.8 Å². The van der Waals surface area contributed by atoms with Crippen molar-refractivity contribution in [2.75, 3.05) is 13.6 Å². The van der Waals surface area contributed by atoms with Crippen LogP contribution in [0.1, 0.15) is 27.2 Å². The number of nitrogens with one attached hydrogen (secondary N) is 1. The van der Waals surface area contributed by atoms with Crippen LogP contribution in [0.4, 0.5) is 0 Å². The third kappa shape index (κ3) is 5.14. The predicted octanol–water partition coefficient (Wildman–Crippen LogP) is 2.75. The Bertz CT molecular complexity index is 164. The lowest BCUT2D eigenvalue weighted by molar-refractivity contribution is 0.594. The molecule has 0 heterocycles. The van der Waals surface area contributed by atoms with Gasteiger partial charge in [0.15, 0.2) is 0 Å². The van der Waals surface area contributed by atoms with Gasteiger partial charge in [0.05, 0.1) is 0 Å². The molecule has 0 rings (SSSR count). The molecule has 1 nitrogen and oxygen atoms in total. The Morgan fingerprint density at radius 2 is 2.08 bits per heavy atom. The van der Waals surface area contributed by atoms with Gasteiger partial charge in [-0.3, -0.25) is 0 Å². The maximum absolute atomic E-state index is 4.04. The second-order valence-electron chi connectivity index (χ2n) is 3.59. The van der Waals surface area contributed by atoms with Gasteiger partial charge in [0.2, 0.25) is 0 Å². The van der Waals surface area contributed by atoms with E-state index in [9.17, 15) is 0 Å². The fraction of sp³-hybridized carbons (Fsp3) is 0.636. The van der Waals surface area contributed by atoms with Crippen molar-refractivity contribution >= 4 is 0 Å². The standard InChI is InChI=1S/C11H21N/c1-9(2)8-11(4)10(3)6-7-12-5/h8,10,12H,4,6-7H2,1-3,5H3. The average molecular weight is 167 g/mol. The van der Waals surface area contributed by atoms with Gasteiger partial charge in [-0.05, 0) is 39.8 Å². The zero-order valence-corrected chi connectivity index (χ0v) is 8.78. The van der Waals surface area contributed by atoms with Crippen molar-refractivity contribution in [1.82, 2.24) is 5.32 Å². The molecule has 0 aliphatic heterocycles. The van der Waals surface area contributed by atoms with Crippen LogP contribution in [0.2, 0.25) is 0 Å². The second kappa shape index (κ2) is 6.01.